The molecule has 0 radical (unpaired) electrons. The van der Waals surface area contributed by atoms with E-state index in [0.29, 0.717) is 12.1 Å². The molecule has 0 spiro atoms. The van der Waals surface area contributed by atoms with Crippen LogP contribution in [-0.2, 0) is 6.42 Å². The van der Waals surface area contributed by atoms with E-state index in [0.717, 1.165) is 12.8 Å². The van der Waals surface area contributed by atoms with Crippen molar-refractivity contribution >= 4 is 22.7 Å². The van der Waals surface area contributed by atoms with Crippen LogP contribution < -0.4 is 5.32 Å². The molecule has 2 aromatic heterocycles. The molecule has 0 aliphatic rings. The molecule has 2 heterocycles. The number of hydrogen-bond acceptors (Lipinski definition) is 3. The Morgan fingerprint density at radius 2 is 2.11 bits per heavy atom. The predicted molar refractivity (Wildman–Crippen MR) is 82.7 cm³/mol. The van der Waals surface area contributed by atoms with Crippen LogP contribution >= 0.6 is 22.7 Å². The third-order valence-electron chi connectivity index (χ3n) is 3.08. The van der Waals surface area contributed by atoms with Gasteiger partial charge in [-0.15, -0.1) is 22.7 Å². The Kier molecular flexibility index (Phi) is 4.98. The summed E-state index contributed by atoms with van der Waals surface area (Å²) in [6, 6.07) is 9.86. The smallest absolute Gasteiger partial charge is 0.0414 e. The van der Waals surface area contributed by atoms with Crippen LogP contribution in [0.1, 0.15) is 40.9 Å². The van der Waals surface area contributed by atoms with Gasteiger partial charge in [-0.1, -0.05) is 13.0 Å². The normalized spacial score (nSPS) is 14.6. The second-order valence-electron chi connectivity index (χ2n) is 4.76. The number of nitrogens with one attached hydrogen (secondary N) is 1. The van der Waals surface area contributed by atoms with Crippen LogP contribution in [0.2, 0.25) is 0 Å². The van der Waals surface area contributed by atoms with Gasteiger partial charge in [0.05, 0.1) is 0 Å². The molecule has 2 atom stereocenters. The summed E-state index contributed by atoms with van der Waals surface area (Å²) < 4.78 is 0. The zero-order valence-corrected chi connectivity index (χ0v) is 12.9. The van der Waals surface area contributed by atoms with Crippen molar-refractivity contribution in [2.24, 2.45) is 0 Å². The molecule has 0 saturated carbocycles. The molecule has 1 nitrogen and oxygen atoms in total. The molecule has 98 valence electrons. The van der Waals surface area contributed by atoms with Crippen LogP contribution in [0, 0.1) is 6.92 Å². The van der Waals surface area contributed by atoms with Gasteiger partial charge in [-0.3, -0.25) is 0 Å². The van der Waals surface area contributed by atoms with E-state index >= 15 is 0 Å². The van der Waals surface area contributed by atoms with Crippen LogP contribution in [-0.4, -0.2) is 6.04 Å². The SMILES string of the molecule is CCC(NC(C)Cc1ccc(C)s1)c1cccs1. The molecule has 0 saturated heterocycles. The predicted octanol–water partition coefficient (Wildman–Crippen LogP) is 4.79. The molecule has 0 aliphatic heterocycles. The van der Waals surface area contributed by atoms with Crippen molar-refractivity contribution in [3.8, 4) is 0 Å². The monoisotopic (exact) mass is 279 g/mol. The molecule has 0 aromatic carbocycles. The summed E-state index contributed by atoms with van der Waals surface area (Å²) in [5, 5.41) is 5.90. The molecular formula is C15H21NS2. The minimum absolute atomic E-state index is 0.501. The van der Waals surface area contributed by atoms with Crippen LogP contribution in [0.5, 0.6) is 0 Å². The lowest BCUT2D eigenvalue weighted by Gasteiger charge is -2.21. The van der Waals surface area contributed by atoms with Gasteiger partial charge in [-0.25, -0.2) is 0 Å². The average molecular weight is 279 g/mol. The van der Waals surface area contributed by atoms with Crippen LogP contribution in [0.3, 0.4) is 0 Å². The second-order valence-corrected chi connectivity index (χ2v) is 7.11. The lowest BCUT2D eigenvalue weighted by atomic mass is 10.1. The Balaban J connectivity index is 1.91. The van der Waals surface area contributed by atoms with Gasteiger partial charge in [-0.05, 0) is 50.3 Å². The molecule has 18 heavy (non-hydrogen) atoms. The number of aryl methyl sites for hydroxylation is 1. The maximum Gasteiger partial charge on any atom is 0.0414 e. The van der Waals surface area contributed by atoms with Gasteiger partial charge in [0.15, 0.2) is 0 Å². The van der Waals surface area contributed by atoms with Crippen molar-refractivity contribution in [1.82, 2.24) is 5.32 Å². The first-order valence-electron chi connectivity index (χ1n) is 6.53. The quantitative estimate of drug-likeness (QED) is 0.801. The number of thiophene rings is 2. The van der Waals surface area contributed by atoms with Gasteiger partial charge in [0.2, 0.25) is 0 Å². The van der Waals surface area contributed by atoms with Crippen molar-refractivity contribution in [3.05, 3.63) is 44.3 Å². The first-order chi connectivity index (χ1) is 8.69. The standard InChI is InChI=1S/C15H21NS2/c1-4-14(15-6-5-9-17-15)16-11(2)10-13-8-7-12(3)18-13/h5-9,11,14,16H,4,10H2,1-3H3. The molecular weight excluding hydrogens is 258 g/mol. The van der Waals surface area contributed by atoms with E-state index in [1.165, 1.54) is 14.6 Å². The van der Waals surface area contributed by atoms with Crippen molar-refractivity contribution in [1.29, 1.82) is 0 Å². The van der Waals surface area contributed by atoms with E-state index in [1.54, 1.807) is 0 Å². The molecule has 2 aromatic rings. The molecule has 0 bridgehead atoms. The van der Waals surface area contributed by atoms with Crippen LogP contribution in [0.4, 0.5) is 0 Å². The Hall–Kier alpha value is -0.640. The van der Waals surface area contributed by atoms with Gasteiger partial charge in [0.25, 0.3) is 0 Å². The third-order valence-corrected chi connectivity index (χ3v) is 5.09. The van der Waals surface area contributed by atoms with E-state index in [4.69, 9.17) is 0 Å². The van der Waals surface area contributed by atoms with Crippen molar-refractivity contribution in [2.45, 2.75) is 45.7 Å². The largest absolute Gasteiger partial charge is 0.306 e. The lowest BCUT2D eigenvalue weighted by molar-refractivity contribution is 0.450. The second kappa shape index (κ2) is 6.50. The topological polar surface area (TPSA) is 12.0 Å². The van der Waals surface area contributed by atoms with Crippen molar-refractivity contribution in [2.75, 3.05) is 0 Å². The summed E-state index contributed by atoms with van der Waals surface area (Å²) in [5.41, 5.74) is 0. The molecule has 0 aliphatic carbocycles. The summed E-state index contributed by atoms with van der Waals surface area (Å²) in [4.78, 5) is 4.34. The minimum Gasteiger partial charge on any atom is -0.306 e. The summed E-state index contributed by atoms with van der Waals surface area (Å²) >= 11 is 3.76. The van der Waals surface area contributed by atoms with Crippen LogP contribution in [0.15, 0.2) is 29.6 Å². The number of hydrogen-bond donors (Lipinski definition) is 1. The zero-order chi connectivity index (χ0) is 13.0. The highest BCUT2D eigenvalue weighted by Crippen LogP contribution is 2.23. The fraction of sp³-hybridized carbons (Fsp3) is 0.467. The molecule has 2 unspecified atom stereocenters. The third kappa shape index (κ3) is 3.67. The highest BCUT2D eigenvalue weighted by Gasteiger charge is 2.14. The minimum atomic E-state index is 0.501. The maximum absolute atomic E-state index is 3.74. The highest BCUT2D eigenvalue weighted by molar-refractivity contribution is 7.11. The van der Waals surface area contributed by atoms with Gasteiger partial charge in [0, 0.05) is 26.7 Å². The van der Waals surface area contributed by atoms with Crippen molar-refractivity contribution in [3.63, 3.8) is 0 Å². The summed E-state index contributed by atoms with van der Waals surface area (Å²) in [7, 11) is 0. The van der Waals surface area contributed by atoms with Gasteiger partial charge in [0.1, 0.15) is 0 Å². The number of rotatable bonds is 6. The zero-order valence-electron chi connectivity index (χ0n) is 11.3. The molecule has 0 amide bonds. The van der Waals surface area contributed by atoms with Gasteiger partial charge >= 0.3 is 0 Å². The molecule has 2 rings (SSSR count). The van der Waals surface area contributed by atoms with E-state index < -0.39 is 0 Å². The van der Waals surface area contributed by atoms with E-state index in [1.807, 2.05) is 22.7 Å². The molecule has 1 N–H and O–H groups in total. The fourth-order valence-corrected chi connectivity index (χ4v) is 4.08. The van der Waals surface area contributed by atoms with Crippen molar-refractivity contribution < 1.29 is 0 Å². The Morgan fingerprint density at radius 1 is 1.28 bits per heavy atom. The van der Waals surface area contributed by atoms with E-state index in [9.17, 15) is 0 Å². The van der Waals surface area contributed by atoms with Gasteiger partial charge < -0.3 is 5.32 Å². The first-order valence-corrected chi connectivity index (χ1v) is 8.23. The van der Waals surface area contributed by atoms with E-state index in [2.05, 4.69) is 55.7 Å². The lowest BCUT2D eigenvalue weighted by Crippen LogP contribution is -2.31. The Labute approximate surface area is 118 Å². The molecule has 3 heteroatoms. The summed E-state index contributed by atoms with van der Waals surface area (Å²) in [5.74, 6) is 0. The highest BCUT2D eigenvalue weighted by atomic mass is 32.1. The van der Waals surface area contributed by atoms with E-state index in [-0.39, 0.29) is 0 Å². The molecule has 0 fully saturated rings. The summed E-state index contributed by atoms with van der Waals surface area (Å²) in [6.45, 7) is 6.71. The summed E-state index contributed by atoms with van der Waals surface area (Å²) in [6.07, 6.45) is 2.27. The Bertz CT molecular complexity index is 459. The van der Waals surface area contributed by atoms with Gasteiger partial charge in [-0.2, -0.15) is 0 Å². The average Bonchev–Trinajstić information content (AvgIpc) is 2.98. The fourth-order valence-electron chi connectivity index (χ4n) is 2.19. The Morgan fingerprint density at radius 3 is 2.67 bits per heavy atom. The van der Waals surface area contributed by atoms with Crippen LogP contribution in [0.25, 0.3) is 0 Å². The maximum atomic E-state index is 3.74. The first kappa shape index (κ1) is 13.8.